The average molecular weight is 161 g/mol. The summed E-state index contributed by atoms with van der Waals surface area (Å²) in [5.74, 6) is 0. The third-order valence-corrected chi connectivity index (χ3v) is 2.22. The summed E-state index contributed by atoms with van der Waals surface area (Å²) in [4.78, 5) is 4.40. The molecule has 1 aromatic rings. The van der Waals surface area contributed by atoms with Crippen LogP contribution in [0.5, 0.6) is 0 Å². The Hall–Kier alpha value is -1.18. The predicted molar refractivity (Wildman–Crippen MR) is 52.2 cm³/mol. The van der Waals surface area contributed by atoms with E-state index in [1.54, 1.807) is 0 Å². The molecule has 0 aromatic heterocycles. The van der Waals surface area contributed by atoms with Gasteiger partial charge >= 0.3 is 0 Å². The first-order valence-electron chi connectivity index (χ1n) is 4.26. The van der Waals surface area contributed by atoms with Crippen molar-refractivity contribution in [1.29, 1.82) is 0 Å². The molecule has 1 aliphatic rings. The van der Waals surface area contributed by atoms with Gasteiger partial charge in [-0.3, -0.25) is 0 Å². The molecule has 0 atom stereocenters. The van der Waals surface area contributed by atoms with Crippen LogP contribution in [-0.2, 0) is 0 Å². The van der Waals surface area contributed by atoms with Crippen LogP contribution in [0.15, 0.2) is 24.3 Å². The molecule has 0 N–H and O–H groups in total. The second kappa shape index (κ2) is 2.70. The van der Waals surface area contributed by atoms with Crippen molar-refractivity contribution in [3.63, 3.8) is 0 Å². The second-order valence-electron chi connectivity index (χ2n) is 3.00. The highest BCUT2D eigenvalue weighted by molar-refractivity contribution is 5.77. The normalized spacial score (nSPS) is 15.2. The lowest BCUT2D eigenvalue weighted by atomic mass is 10.2. The minimum Gasteiger partial charge on any atom is -0.349 e. The van der Waals surface area contributed by atoms with Crippen molar-refractivity contribution >= 4 is 11.4 Å². The van der Waals surface area contributed by atoms with Crippen molar-refractivity contribution < 1.29 is 0 Å². The van der Waals surface area contributed by atoms with Gasteiger partial charge in [-0.1, -0.05) is 12.1 Å². The van der Waals surface area contributed by atoms with Gasteiger partial charge in [0.25, 0.3) is 0 Å². The molecule has 0 aliphatic carbocycles. The van der Waals surface area contributed by atoms with E-state index >= 15 is 0 Å². The first kappa shape index (κ1) is 7.47. The van der Waals surface area contributed by atoms with E-state index in [0.29, 0.717) is 0 Å². The van der Waals surface area contributed by atoms with E-state index in [-0.39, 0.29) is 0 Å². The van der Waals surface area contributed by atoms with Gasteiger partial charge in [-0.05, 0) is 19.1 Å². The van der Waals surface area contributed by atoms with Gasteiger partial charge in [-0.25, -0.2) is 0 Å². The van der Waals surface area contributed by atoms with Gasteiger partial charge in [0.15, 0.2) is 0 Å². The molecule has 2 heteroatoms. The molecule has 0 unspecified atom stereocenters. The highest BCUT2D eigenvalue weighted by Gasteiger charge is 2.21. The van der Waals surface area contributed by atoms with Crippen molar-refractivity contribution in [2.45, 2.75) is 6.92 Å². The molecule has 63 valence electrons. The maximum atomic E-state index is 2.25. The third-order valence-electron chi connectivity index (χ3n) is 2.22. The predicted octanol–water partition coefficient (Wildman–Crippen LogP) is 2.08. The van der Waals surface area contributed by atoms with Crippen LogP contribution in [-0.4, -0.2) is 13.6 Å². The summed E-state index contributed by atoms with van der Waals surface area (Å²) in [6, 6.07) is 8.44. The molecule has 1 aromatic carbocycles. The number of fused-ring (bicyclic) bond motifs is 1. The average Bonchev–Trinajstić information content (AvgIpc) is 2.44. The van der Waals surface area contributed by atoms with Crippen molar-refractivity contribution in [3.8, 4) is 0 Å². The summed E-state index contributed by atoms with van der Waals surface area (Å²) in [6.45, 7) is 5.32. The highest BCUT2D eigenvalue weighted by atomic mass is 15.4. The number of hydrogen-bond acceptors (Lipinski definition) is 2. The van der Waals surface area contributed by atoms with Crippen LogP contribution >= 0.6 is 0 Å². The SMILES string of the molecule is CCN1[CH]N(C)c2ccccc21. The van der Waals surface area contributed by atoms with Gasteiger partial charge in [0.2, 0.25) is 0 Å². The Morgan fingerprint density at radius 1 is 1.17 bits per heavy atom. The summed E-state index contributed by atoms with van der Waals surface area (Å²) in [6.07, 6.45) is 0. The molecule has 2 nitrogen and oxygen atoms in total. The maximum Gasteiger partial charge on any atom is 0.142 e. The molecule has 12 heavy (non-hydrogen) atoms. The number of nitrogens with zero attached hydrogens (tertiary/aromatic N) is 2. The first-order chi connectivity index (χ1) is 5.83. The Balaban J connectivity index is 2.43. The summed E-state index contributed by atoms with van der Waals surface area (Å²) < 4.78 is 0. The van der Waals surface area contributed by atoms with E-state index in [0.717, 1.165) is 6.54 Å². The van der Waals surface area contributed by atoms with E-state index in [1.165, 1.54) is 11.4 Å². The van der Waals surface area contributed by atoms with Crippen LogP contribution in [0.3, 0.4) is 0 Å². The highest BCUT2D eigenvalue weighted by Crippen LogP contribution is 2.35. The Labute approximate surface area is 73.4 Å². The van der Waals surface area contributed by atoms with E-state index in [9.17, 15) is 0 Å². The maximum absolute atomic E-state index is 2.25. The van der Waals surface area contributed by atoms with Crippen molar-refractivity contribution in [3.05, 3.63) is 30.9 Å². The van der Waals surface area contributed by atoms with E-state index in [1.807, 2.05) is 0 Å². The lowest BCUT2D eigenvalue weighted by Gasteiger charge is -2.14. The van der Waals surface area contributed by atoms with Crippen LogP contribution < -0.4 is 9.80 Å². The number of benzene rings is 1. The zero-order valence-electron chi connectivity index (χ0n) is 7.49. The Bertz CT molecular complexity index is 283. The van der Waals surface area contributed by atoms with Crippen LogP contribution in [0, 0.1) is 6.67 Å². The smallest absolute Gasteiger partial charge is 0.142 e. The van der Waals surface area contributed by atoms with Crippen LogP contribution in [0.25, 0.3) is 0 Å². The van der Waals surface area contributed by atoms with Gasteiger partial charge in [-0.2, -0.15) is 0 Å². The number of hydrogen-bond donors (Lipinski definition) is 0. The molecule has 0 spiro atoms. The standard InChI is InChI=1S/C10H13N2/c1-3-12-8-11(2)9-6-4-5-7-10(9)12/h4-8H,3H2,1-2H3. The van der Waals surface area contributed by atoms with Crippen molar-refractivity contribution in [2.75, 3.05) is 23.4 Å². The molecule has 0 bridgehead atoms. The Morgan fingerprint density at radius 2 is 1.83 bits per heavy atom. The van der Waals surface area contributed by atoms with Crippen molar-refractivity contribution in [1.82, 2.24) is 0 Å². The van der Waals surface area contributed by atoms with Crippen LogP contribution in [0.1, 0.15) is 6.92 Å². The van der Waals surface area contributed by atoms with Gasteiger partial charge in [0.1, 0.15) is 6.67 Å². The molecule has 0 amide bonds. The fourth-order valence-corrected chi connectivity index (χ4v) is 1.59. The molecule has 0 saturated heterocycles. The first-order valence-corrected chi connectivity index (χ1v) is 4.26. The van der Waals surface area contributed by atoms with Crippen LogP contribution in [0.2, 0.25) is 0 Å². The zero-order chi connectivity index (χ0) is 8.55. The summed E-state index contributed by atoms with van der Waals surface area (Å²) in [5, 5.41) is 0. The number of para-hydroxylation sites is 2. The fraction of sp³-hybridized carbons (Fsp3) is 0.300. The van der Waals surface area contributed by atoms with E-state index in [4.69, 9.17) is 0 Å². The molecule has 1 heterocycles. The topological polar surface area (TPSA) is 6.48 Å². The zero-order valence-corrected chi connectivity index (χ0v) is 7.49. The lowest BCUT2D eigenvalue weighted by Crippen LogP contribution is -2.21. The Kier molecular flexibility index (Phi) is 1.68. The van der Waals surface area contributed by atoms with Gasteiger partial charge in [0, 0.05) is 13.6 Å². The van der Waals surface area contributed by atoms with Gasteiger partial charge < -0.3 is 9.80 Å². The van der Waals surface area contributed by atoms with E-state index in [2.05, 4.69) is 54.7 Å². The minimum absolute atomic E-state index is 1.03. The molecule has 2 rings (SSSR count). The van der Waals surface area contributed by atoms with Crippen LogP contribution in [0.4, 0.5) is 11.4 Å². The third kappa shape index (κ3) is 0.951. The largest absolute Gasteiger partial charge is 0.349 e. The fourth-order valence-electron chi connectivity index (χ4n) is 1.59. The van der Waals surface area contributed by atoms with Gasteiger partial charge in [0.05, 0.1) is 11.4 Å². The van der Waals surface area contributed by atoms with Gasteiger partial charge in [-0.15, -0.1) is 0 Å². The molecular weight excluding hydrogens is 148 g/mol. The molecular formula is C10H13N2. The number of rotatable bonds is 1. The summed E-state index contributed by atoms with van der Waals surface area (Å²) in [5.41, 5.74) is 2.60. The lowest BCUT2D eigenvalue weighted by molar-refractivity contribution is 0.941. The number of anilines is 2. The second-order valence-corrected chi connectivity index (χ2v) is 3.00. The molecule has 1 radical (unpaired) electrons. The summed E-state index contributed by atoms with van der Waals surface area (Å²) >= 11 is 0. The minimum atomic E-state index is 1.03. The monoisotopic (exact) mass is 161 g/mol. The molecule has 1 aliphatic heterocycles. The Morgan fingerprint density at radius 3 is 2.50 bits per heavy atom. The van der Waals surface area contributed by atoms with Crippen molar-refractivity contribution in [2.24, 2.45) is 0 Å². The quantitative estimate of drug-likeness (QED) is 0.622. The van der Waals surface area contributed by atoms with E-state index < -0.39 is 0 Å². The molecule has 0 saturated carbocycles. The summed E-state index contributed by atoms with van der Waals surface area (Å²) in [7, 11) is 2.08. The molecule has 0 fully saturated rings.